The predicted octanol–water partition coefficient (Wildman–Crippen LogP) is 3.14. The number of fused-ring (bicyclic) bond motifs is 2. The van der Waals surface area contributed by atoms with E-state index in [0.29, 0.717) is 42.5 Å². The van der Waals surface area contributed by atoms with E-state index in [1.165, 1.54) is 11.1 Å². The first-order chi connectivity index (χ1) is 14.6. The van der Waals surface area contributed by atoms with E-state index in [4.69, 9.17) is 16.6 Å². The van der Waals surface area contributed by atoms with E-state index in [1.54, 1.807) is 6.07 Å². The first-order valence-electron chi connectivity index (χ1n) is 10.5. The lowest BCUT2D eigenvalue weighted by Crippen LogP contribution is -2.39. The molecule has 3 aromatic rings. The van der Waals surface area contributed by atoms with Crippen molar-refractivity contribution in [3.05, 3.63) is 70.1 Å². The van der Waals surface area contributed by atoms with Crippen molar-refractivity contribution in [3.63, 3.8) is 0 Å². The van der Waals surface area contributed by atoms with Gasteiger partial charge in [-0.3, -0.25) is 9.69 Å². The topological polar surface area (TPSA) is 61.1 Å². The maximum atomic E-state index is 13.5. The van der Waals surface area contributed by atoms with E-state index < -0.39 is 0 Å². The molecule has 30 heavy (non-hydrogen) atoms. The van der Waals surface area contributed by atoms with Gasteiger partial charge in [0.2, 0.25) is 0 Å². The molecule has 4 heterocycles. The minimum absolute atomic E-state index is 0.0446. The first-order valence-corrected chi connectivity index (χ1v) is 10.9. The molecule has 5 rings (SSSR count). The number of carbonyl (C=O) groups excluding carboxylic acids is 1. The molecule has 0 aliphatic carbocycles. The summed E-state index contributed by atoms with van der Waals surface area (Å²) in [6.45, 7) is 3.36. The third-order valence-corrected chi connectivity index (χ3v) is 6.38. The third kappa shape index (κ3) is 3.71. The number of likely N-dealkylation sites (tertiary alicyclic amines) is 1. The van der Waals surface area contributed by atoms with Crippen LogP contribution in [0.1, 0.15) is 40.2 Å². The fourth-order valence-corrected chi connectivity index (χ4v) is 4.76. The summed E-state index contributed by atoms with van der Waals surface area (Å²) in [5, 5.41) is 10.7. The second-order valence-corrected chi connectivity index (χ2v) is 8.70. The minimum Gasteiger partial charge on any atom is -0.392 e. The Morgan fingerprint density at radius 3 is 2.83 bits per heavy atom. The zero-order valence-corrected chi connectivity index (χ0v) is 17.6. The van der Waals surface area contributed by atoms with Gasteiger partial charge in [-0.25, -0.2) is 4.98 Å². The van der Waals surface area contributed by atoms with Crippen LogP contribution in [0.5, 0.6) is 0 Å². The fourth-order valence-electron chi connectivity index (χ4n) is 4.60. The third-order valence-electron chi connectivity index (χ3n) is 6.16. The lowest BCUT2D eigenvalue weighted by molar-refractivity contribution is 0.0648. The molecule has 156 valence electrons. The van der Waals surface area contributed by atoms with Crippen molar-refractivity contribution in [1.29, 1.82) is 0 Å². The maximum absolute atomic E-state index is 13.5. The number of carbonyl (C=O) groups is 1. The highest BCUT2D eigenvalue weighted by Gasteiger charge is 2.28. The Bertz CT molecular complexity index is 1100. The number of imidazole rings is 1. The molecule has 1 aromatic carbocycles. The minimum atomic E-state index is -0.320. The van der Waals surface area contributed by atoms with E-state index in [9.17, 15) is 9.90 Å². The van der Waals surface area contributed by atoms with Crippen LogP contribution in [-0.2, 0) is 19.5 Å². The average molecular weight is 425 g/mol. The van der Waals surface area contributed by atoms with Crippen LogP contribution in [0.2, 0.25) is 5.02 Å². The highest BCUT2D eigenvalue weighted by Crippen LogP contribution is 2.24. The van der Waals surface area contributed by atoms with Gasteiger partial charge in [-0.1, -0.05) is 35.9 Å². The Balaban J connectivity index is 1.49. The summed E-state index contributed by atoms with van der Waals surface area (Å²) in [5.74, 6) is -0.0446. The molecule has 0 spiro atoms. The average Bonchev–Trinajstić information content (AvgIpc) is 3.10. The second-order valence-electron chi connectivity index (χ2n) is 8.26. The molecule has 1 unspecified atom stereocenters. The molecule has 0 bridgehead atoms. The van der Waals surface area contributed by atoms with Gasteiger partial charge >= 0.3 is 0 Å². The number of aliphatic hydroxyl groups is 1. The number of amides is 1. The van der Waals surface area contributed by atoms with Gasteiger partial charge in [0.15, 0.2) is 5.69 Å². The smallest absolute Gasteiger partial charge is 0.274 e. The molecule has 1 fully saturated rings. The second kappa shape index (κ2) is 8.02. The monoisotopic (exact) mass is 424 g/mol. The standard InChI is InChI=1S/C23H25ClN4O2/c24-18-7-8-21-25-22(20(28(21)13-18)15-26-10-3-6-19(29)14-26)23(30)27-11-9-16-4-1-2-5-17(16)12-27/h1-2,4-5,7-8,13,19,29H,3,6,9-12,14-15H2. The Labute approximate surface area is 180 Å². The molecule has 0 radical (unpaired) electrons. The number of β-amino-alcohol motifs (C(OH)–C–C–N with tert-alkyl or cyclic N) is 1. The van der Waals surface area contributed by atoms with Crippen molar-refractivity contribution in [1.82, 2.24) is 19.2 Å². The lowest BCUT2D eigenvalue weighted by Gasteiger charge is -2.31. The van der Waals surface area contributed by atoms with Crippen LogP contribution in [0.15, 0.2) is 42.6 Å². The molecule has 1 amide bonds. The number of hydrogen-bond donors (Lipinski definition) is 1. The Morgan fingerprint density at radius 1 is 1.17 bits per heavy atom. The molecule has 6 nitrogen and oxygen atoms in total. The molecule has 2 aromatic heterocycles. The van der Waals surface area contributed by atoms with Crippen molar-refractivity contribution >= 4 is 23.2 Å². The van der Waals surface area contributed by atoms with Crippen LogP contribution < -0.4 is 0 Å². The normalized spacial score (nSPS) is 19.8. The van der Waals surface area contributed by atoms with Gasteiger partial charge < -0.3 is 14.4 Å². The molecule has 1 saturated heterocycles. The van der Waals surface area contributed by atoms with Gasteiger partial charge in [0, 0.05) is 32.4 Å². The fraction of sp³-hybridized carbons (Fsp3) is 0.391. The van der Waals surface area contributed by atoms with Gasteiger partial charge in [0.25, 0.3) is 5.91 Å². The Morgan fingerprint density at radius 2 is 2.00 bits per heavy atom. The summed E-state index contributed by atoms with van der Waals surface area (Å²) in [7, 11) is 0. The molecule has 7 heteroatoms. The van der Waals surface area contributed by atoms with Crippen LogP contribution in [0, 0.1) is 0 Å². The number of pyridine rings is 1. The van der Waals surface area contributed by atoms with Gasteiger partial charge in [-0.2, -0.15) is 0 Å². The van der Waals surface area contributed by atoms with E-state index in [0.717, 1.165) is 31.5 Å². The number of hydrogen-bond acceptors (Lipinski definition) is 4. The number of aromatic nitrogens is 2. The zero-order chi connectivity index (χ0) is 20.7. The lowest BCUT2D eigenvalue weighted by atomic mass is 9.99. The molecular weight excluding hydrogens is 400 g/mol. The SMILES string of the molecule is O=C(c1nc2ccc(Cl)cn2c1CN1CCCC(O)C1)N1CCc2ccccc2C1. The van der Waals surface area contributed by atoms with E-state index in [2.05, 4.69) is 17.0 Å². The van der Waals surface area contributed by atoms with Crippen LogP contribution >= 0.6 is 11.6 Å². The van der Waals surface area contributed by atoms with E-state index in [1.807, 2.05) is 33.7 Å². The van der Waals surface area contributed by atoms with Crippen LogP contribution in [0.4, 0.5) is 0 Å². The number of benzene rings is 1. The van der Waals surface area contributed by atoms with Gasteiger partial charge in [0.1, 0.15) is 5.65 Å². The van der Waals surface area contributed by atoms with Crippen molar-refractivity contribution in [2.24, 2.45) is 0 Å². The Kier molecular flexibility index (Phi) is 5.23. The van der Waals surface area contributed by atoms with Crippen molar-refractivity contribution in [2.45, 2.75) is 38.5 Å². The molecular formula is C23H25ClN4O2. The van der Waals surface area contributed by atoms with E-state index in [-0.39, 0.29) is 12.0 Å². The first kappa shape index (κ1) is 19.5. The van der Waals surface area contributed by atoms with Gasteiger partial charge in [-0.15, -0.1) is 0 Å². The highest BCUT2D eigenvalue weighted by atomic mass is 35.5. The summed E-state index contributed by atoms with van der Waals surface area (Å²) in [4.78, 5) is 22.3. The summed E-state index contributed by atoms with van der Waals surface area (Å²) >= 11 is 6.25. The number of nitrogens with zero attached hydrogens (tertiary/aromatic N) is 4. The quantitative estimate of drug-likeness (QED) is 0.701. The summed E-state index contributed by atoms with van der Waals surface area (Å²) in [6.07, 6.45) is 4.13. The molecule has 2 aliphatic heterocycles. The number of piperidine rings is 1. The number of halogens is 1. The molecule has 0 saturated carbocycles. The van der Waals surface area contributed by atoms with Crippen molar-refractivity contribution < 1.29 is 9.90 Å². The van der Waals surface area contributed by atoms with Crippen LogP contribution in [0.3, 0.4) is 0 Å². The number of rotatable bonds is 3. The van der Waals surface area contributed by atoms with Gasteiger partial charge in [0.05, 0.1) is 16.8 Å². The summed E-state index contributed by atoms with van der Waals surface area (Å²) < 4.78 is 1.93. The zero-order valence-electron chi connectivity index (χ0n) is 16.8. The summed E-state index contributed by atoms with van der Waals surface area (Å²) in [5.41, 5.74) is 4.55. The molecule has 2 aliphatic rings. The van der Waals surface area contributed by atoms with Gasteiger partial charge in [-0.05, 0) is 49.1 Å². The predicted molar refractivity (Wildman–Crippen MR) is 116 cm³/mol. The highest BCUT2D eigenvalue weighted by molar-refractivity contribution is 6.30. The molecule has 1 N–H and O–H groups in total. The largest absolute Gasteiger partial charge is 0.392 e. The van der Waals surface area contributed by atoms with Crippen LogP contribution in [0.25, 0.3) is 5.65 Å². The Hall–Kier alpha value is -2.41. The van der Waals surface area contributed by atoms with E-state index >= 15 is 0 Å². The summed E-state index contributed by atoms with van der Waals surface area (Å²) in [6, 6.07) is 11.9. The van der Waals surface area contributed by atoms with Crippen molar-refractivity contribution in [2.75, 3.05) is 19.6 Å². The van der Waals surface area contributed by atoms with Crippen molar-refractivity contribution in [3.8, 4) is 0 Å². The maximum Gasteiger partial charge on any atom is 0.274 e. The number of aliphatic hydroxyl groups excluding tert-OH is 1. The van der Waals surface area contributed by atoms with Crippen LogP contribution in [-0.4, -0.2) is 55.9 Å². The molecule has 1 atom stereocenters.